The van der Waals surface area contributed by atoms with Crippen molar-refractivity contribution in [3.63, 3.8) is 0 Å². The Morgan fingerprint density at radius 3 is 1.11 bits per heavy atom. The zero-order valence-corrected chi connectivity index (χ0v) is 10.4. The molecule has 0 aliphatic carbocycles. The molecule has 0 aliphatic rings. The van der Waals surface area contributed by atoms with Crippen LogP contribution in [-0.4, -0.2) is 8.80 Å². The molecule has 0 amide bonds. The second-order valence-electron chi connectivity index (χ2n) is 1.81. The van der Waals surface area contributed by atoms with Gasteiger partial charge in [0.2, 0.25) is 0 Å². The Kier molecular flexibility index (Phi) is 23.6. The van der Waals surface area contributed by atoms with E-state index in [1.807, 2.05) is 0 Å². The largest absolute Gasteiger partial charge is 0.358 e. The van der Waals surface area contributed by atoms with E-state index >= 15 is 0 Å². The van der Waals surface area contributed by atoms with Gasteiger partial charge in [-0.15, -0.1) is 0 Å². The van der Waals surface area contributed by atoms with Crippen molar-refractivity contribution in [3.8, 4) is 0 Å². The number of hydrogen-bond donors (Lipinski definition) is 0. The van der Waals surface area contributed by atoms with Crippen LogP contribution in [0.2, 0.25) is 18.1 Å². The summed E-state index contributed by atoms with van der Waals surface area (Å²) >= 11 is 0. The van der Waals surface area contributed by atoms with Crippen LogP contribution in [0, 0.1) is 56.8 Å². The Balaban J connectivity index is -0.000000180. The monoisotopic (exact) mass is 283 g/mol. The van der Waals surface area contributed by atoms with E-state index in [-0.39, 0.29) is 65.6 Å². The number of hydrogen-bond acceptors (Lipinski definition) is 0. The van der Waals surface area contributed by atoms with Crippen LogP contribution in [0.5, 0.6) is 0 Å². The Hall–Kier alpha value is 1.80. The van der Waals surface area contributed by atoms with E-state index in [9.17, 15) is 0 Å². The van der Waals surface area contributed by atoms with E-state index in [0.29, 0.717) is 0 Å². The molecule has 0 saturated heterocycles. The first-order valence-electron chi connectivity index (χ1n) is 3.18. The molecule has 58 valence electrons. The van der Waals surface area contributed by atoms with Crippen molar-refractivity contribution in [1.29, 1.82) is 0 Å². The van der Waals surface area contributed by atoms with Crippen molar-refractivity contribution in [2.75, 3.05) is 0 Å². The molecule has 9 heavy (non-hydrogen) atoms. The molecule has 0 N–H and O–H groups in total. The topological polar surface area (TPSA) is 0 Å². The third-order valence-corrected chi connectivity index (χ3v) is 4.50. The van der Waals surface area contributed by atoms with Crippen LogP contribution in [0.1, 0.15) is 20.8 Å². The molecule has 0 heterocycles. The summed E-state index contributed by atoms with van der Waals surface area (Å²) in [6, 6.07) is 4.37. The van der Waals surface area contributed by atoms with Crippen molar-refractivity contribution < 1.29 is 49.4 Å². The van der Waals surface area contributed by atoms with Gasteiger partial charge >= 0.3 is 0 Å². The van der Waals surface area contributed by atoms with Crippen molar-refractivity contribution in [2.45, 2.75) is 38.9 Å². The molecule has 0 saturated carbocycles. The Morgan fingerprint density at radius 2 is 1.11 bits per heavy atom. The first kappa shape index (κ1) is 17.0. The summed E-state index contributed by atoms with van der Waals surface area (Å²) in [5.41, 5.74) is 0. The van der Waals surface area contributed by atoms with E-state index < -0.39 is 0 Å². The summed E-state index contributed by atoms with van der Waals surface area (Å²) in [5.74, 6) is 0. The van der Waals surface area contributed by atoms with Gasteiger partial charge in [-0.1, -0.05) is 38.9 Å². The zero-order chi connectivity index (χ0) is 5.70. The van der Waals surface area contributed by atoms with Crippen LogP contribution in [0.3, 0.4) is 0 Å². The van der Waals surface area contributed by atoms with Gasteiger partial charge in [-0.2, -0.15) is 0 Å². The van der Waals surface area contributed by atoms with E-state index in [0.717, 1.165) is 0 Å². The summed E-state index contributed by atoms with van der Waals surface area (Å²) in [4.78, 5) is 0. The molecular formula is C7H18EuSi-. The average molecular weight is 282 g/mol. The summed E-state index contributed by atoms with van der Waals surface area (Å²) < 4.78 is 0. The minimum Gasteiger partial charge on any atom is -0.358 e. The molecule has 0 aliphatic heterocycles. The SMILES string of the molecule is CC[Si](CC)CC.[CH3-].[Eu]. The predicted molar refractivity (Wildman–Crippen MR) is 43.6 cm³/mol. The molecule has 0 aromatic carbocycles. The first-order chi connectivity index (χ1) is 3.35. The van der Waals surface area contributed by atoms with Gasteiger partial charge in [-0.3, -0.25) is 0 Å². The second-order valence-corrected chi connectivity index (χ2v) is 5.43. The summed E-state index contributed by atoms with van der Waals surface area (Å²) in [6.07, 6.45) is 0. The number of rotatable bonds is 3. The normalized spacial score (nSPS) is 8.00. The maximum Gasteiger partial charge on any atom is 0.0470 e. The van der Waals surface area contributed by atoms with Gasteiger partial charge in [-0.25, -0.2) is 0 Å². The standard InChI is InChI=1S/C6H15Si.CH3.Eu/c1-4-7(5-2)6-3;;/h4-6H2,1-3H3;1H3;/q;-1;. The molecule has 0 fully saturated rings. The van der Waals surface area contributed by atoms with Crippen LogP contribution < -0.4 is 0 Å². The van der Waals surface area contributed by atoms with E-state index in [2.05, 4.69) is 20.8 Å². The van der Waals surface area contributed by atoms with Gasteiger partial charge in [0.05, 0.1) is 0 Å². The van der Waals surface area contributed by atoms with Crippen LogP contribution in [0.25, 0.3) is 0 Å². The van der Waals surface area contributed by atoms with E-state index in [1.54, 1.807) is 0 Å². The van der Waals surface area contributed by atoms with E-state index in [1.165, 1.54) is 18.1 Å². The second kappa shape index (κ2) is 12.5. The molecule has 0 nitrogen and oxygen atoms in total. The molecule has 0 bridgehead atoms. The van der Waals surface area contributed by atoms with Gasteiger partial charge in [0, 0.05) is 58.2 Å². The third-order valence-electron chi connectivity index (χ3n) is 1.50. The molecular weight excluding hydrogens is 264 g/mol. The Labute approximate surface area is 103 Å². The summed E-state index contributed by atoms with van der Waals surface area (Å²) in [5, 5.41) is 0. The minimum absolute atomic E-state index is 0. The first-order valence-corrected chi connectivity index (χ1v) is 5.30. The van der Waals surface area contributed by atoms with Gasteiger partial charge in [0.1, 0.15) is 0 Å². The third kappa shape index (κ3) is 9.80. The molecule has 0 atom stereocenters. The Morgan fingerprint density at radius 1 is 0.889 bits per heavy atom. The van der Waals surface area contributed by atoms with Crippen LogP contribution in [0.4, 0.5) is 0 Å². The summed E-state index contributed by atoms with van der Waals surface area (Å²) in [7, 11) is 0.137. The smallest absolute Gasteiger partial charge is 0.0470 e. The molecule has 0 aromatic heterocycles. The molecule has 2 heteroatoms. The fraction of sp³-hybridized carbons (Fsp3) is 0.857. The van der Waals surface area contributed by atoms with Crippen LogP contribution in [-0.2, 0) is 0 Å². The fourth-order valence-electron chi connectivity index (χ4n) is 0.750. The quantitative estimate of drug-likeness (QED) is 0.551. The molecule has 0 rings (SSSR count). The Bertz CT molecular complexity index is 30.4. The van der Waals surface area contributed by atoms with Crippen molar-refractivity contribution >= 4 is 8.80 Å². The molecule has 0 aromatic rings. The van der Waals surface area contributed by atoms with E-state index in [4.69, 9.17) is 0 Å². The van der Waals surface area contributed by atoms with Crippen molar-refractivity contribution in [2.24, 2.45) is 0 Å². The maximum absolute atomic E-state index is 2.31. The molecule has 2 radical (unpaired) electrons. The minimum atomic E-state index is 0. The van der Waals surface area contributed by atoms with Gasteiger partial charge in [-0.05, 0) is 0 Å². The van der Waals surface area contributed by atoms with Gasteiger partial charge < -0.3 is 7.43 Å². The maximum atomic E-state index is 2.31. The average Bonchev–Trinajstić information content (AvgIpc) is 1.72. The summed E-state index contributed by atoms with van der Waals surface area (Å²) in [6.45, 7) is 6.92. The molecule has 0 spiro atoms. The van der Waals surface area contributed by atoms with Crippen LogP contribution >= 0.6 is 0 Å². The van der Waals surface area contributed by atoms with Crippen molar-refractivity contribution in [3.05, 3.63) is 7.43 Å². The van der Waals surface area contributed by atoms with Crippen molar-refractivity contribution in [1.82, 2.24) is 0 Å². The zero-order valence-electron chi connectivity index (χ0n) is 7.00. The molecule has 0 unspecified atom stereocenters. The predicted octanol–water partition coefficient (Wildman–Crippen LogP) is 2.99. The fourth-order valence-corrected chi connectivity index (χ4v) is 2.25. The van der Waals surface area contributed by atoms with Gasteiger partial charge in [0.15, 0.2) is 0 Å². The van der Waals surface area contributed by atoms with Gasteiger partial charge in [0.25, 0.3) is 0 Å². The van der Waals surface area contributed by atoms with Crippen LogP contribution in [0.15, 0.2) is 0 Å².